The van der Waals surface area contributed by atoms with Crippen LogP contribution in [0.4, 0.5) is 0 Å². The molecule has 0 fully saturated rings. The normalized spacial score (nSPS) is 11.7. The minimum atomic E-state index is 0.429. The van der Waals surface area contributed by atoms with Gasteiger partial charge in [0.2, 0.25) is 0 Å². The largest absolute Gasteiger partial charge is 0.313 e. The number of hydrogen-bond donors (Lipinski definition) is 1. The van der Waals surface area contributed by atoms with Crippen LogP contribution in [0.3, 0.4) is 0 Å². The van der Waals surface area contributed by atoms with Crippen LogP contribution < -0.4 is 5.32 Å². The van der Waals surface area contributed by atoms with E-state index in [1.165, 1.54) is 17.5 Å². The van der Waals surface area contributed by atoms with Crippen molar-refractivity contribution in [3.8, 4) is 0 Å². The Labute approximate surface area is 93.9 Å². The third-order valence-electron chi connectivity index (χ3n) is 2.63. The standard InChI is InChI=1S/C14H23N/c1-12-7-5-6-8-13(12)11-15-10-9-14(2,3)4/h5-8,15H,9-11H2,1-4H3. The lowest BCUT2D eigenvalue weighted by Gasteiger charge is -2.18. The minimum absolute atomic E-state index is 0.429. The minimum Gasteiger partial charge on any atom is -0.313 e. The average molecular weight is 205 g/mol. The Balaban J connectivity index is 2.30. The van der Waals surface area contributed by atoms with Crippen LogP contribution in [-0.2, 0) is 6.54 Å². The molecule has 0 saturated heterocycles. The van der Waals surface area contributed by atoms with Gasteiger partial charge in [0.25, 0.3) is 0 Å². The van der Waals surface area contributed by atoms with Gasteiger partial charge in [0.15, 0.2) is 0 Å². The maximum atomic E-state index is 3.50. The average Bonchev–Trinajstić information content (AvgIpc) is 2.13. The van der Waals surface area contributed by atoms with Gasteiger partial charge in [-0.25, -0.2) is 0 Å². The Bertz CT molecular complexity index is 296. The fourth-order valence-electron chi connectivity index (χ4n) is 1.49. The molecule has 0 aliphatic heterocycles. The first kappa shape index (κ1) is 12.3. The van der Waals surface area contributed by atoms with Gasteiger partial charge < -0.3 is 5.32 Å². The van der Waals surface area contributed by atoms with Crippen molar-refractivity contribution in [1.82, 2.24) is 5.32 Å². The highest BCUT2D eigenvalue weighted by molar-refractivity contribution is 5.25. The highest BCUT2D eigenvalue weighted by Gasteiger charge is 2.08. The zero-order chi connectivity index (χ0) is 11.3. The summed E-state index contributed by atoms with van der Waals surface area (Å²) >= 11 is 0. The molecule has 0 amide bonds. The van der Waals surface area contributed by atoms with E-state index in [2.05, 4.69) is 57.3 Å². The van der Waals surface area contributed by atoms with Crippen LogP contribution in [0.25, 0.3) is 0 Å². The van der Waals surface area contributed by atoms with Crippen LogP contribution in [0.1, 0.15) is 38.3 Å². The molecule has 0 bridgehead atoms. The summed E-state index contributed by atoms with van der Waals surface area (Å²) in [4.78, 5) is 0. The molecule has 0 radical (unpaired) electrons. The maximum absolute atomic E-state index is 3.50. The van der Waals surface area contributed by atoms with E-state index in [0.29, 0.717) is 5.41 Å². The third-order valence-corrected chi connectivity index (χ3v) is 2.63. The van der Waals surface area contributed by atoms with Gasteiger partial charge in [0.1, 0.15) is 0 Å². The number of hydrogen-bond acceptors (Lipinski definition) is 1. The highest BCUT2D eigenvalue weighted by atomic mass is 14.8. The van der Waals surface area contributed by atoms with Crippen LogP contribution in [0, 0.1) is 12.3 Å². The van der Waals surface area contributed by atoms with E-state index in [1.54, 1.807) is 0 Å². The van der Waals surface area contributed by atoms with E-state index in [9.17, 15) is 0 Å². The first-order valence-corrected chi connectivity index (χ1v) is 5.74. The van der Waals surface area contributed by atoms with Crippen molar-refractivity contribution in [3.63, 3.8) is 0 Å². The summed E-state index contributed by atoms with van der Waals surface area (Å²) in [6.07, 6.45) is 1.22. The van der Waals surface area contributed by atoms with Gasteiger partial charge in [-0.15, -0.1) is 0 Å². The van der Waals surface area contributed by atoms with Gasteiger partial charge in [-0.3, -0.25) is 0 Å². The predicted octanol–water partition coefficient (Wildman–Crippen LogP) is 3.52. The molecule has 1 N–H and O–H groups in total. The molecule has 0 aliphatic rings. The van der Waals surface area contributed by atoms with E-state index in [-0.39, 0.29) is 0 Å². The lowest BCUT2D eigenvalue weighted by atomic mass is 9.92. The molecular weight excluding hydrogens is 182 g/mol. The first-order valence-electron chi connectivity index (χ1n) is 5.74. The third kappa shape index (κ3) is 4.98. The molecule has 1 nitrogen and oxygen atoms in total. The van der Waals surface area contributed by atoms with E-state index >= 15 is 0 Å². The highest BCUT2D eigenvalue weighted by Crippen LogP contribution is 2.17. The van der Waals surface area contributed by atoms with Gasteiger partial charge in [-0.05, 0) is 36.4 Å². The molecule has 0 atom stereocenters. The van der Waals surface area contributed by atoms with Crippen molar-refractivity contribution in [2.45, 2.75) is 40.7 Å². The van der Waals surface area contributed by atoms with Crippen molar-refractivity contribution < 1.29 is 0 Å². The van der Waals surface area contributed by atoms with E-state index in [4.69, 9.17) is 0 Å². The molecule has 0 heterocycles. The molecule has 0 unspecified atom stereocenters. The Kier molecular flexibility index (Phi) is 4.34. The molecule has 15 heavy (non-hydrogen) atoms. The predicted molar refractivity (Wildman–Crippen MR) is 67.0 cm³/mol. The van der Waals surface area contributed by atoms with Crippen molar-refractivity contribution in [2.24, 2.45) is 5.41 Å². The topological polar surface area (TPSA) is 12.0 Å². The molecule has 0 saturated carbocycles. The monoisotopic (exact) mass is 205 g/mol. The molecule has 1 heteroatoms. The maximum Gasteiger partial charge on any atom is 0.0208 e. The van der Waals surface area contributed by atoms with Crippen molar-refractivity contribution in [1.29, 1.82) is 0 Å². The molecule has 1 aromatic rings. The van der Waals surface area contributed by atoms with E-state index in [1.807, 2.05) is 0 Å². The molecule has 0 spiro atoms. The summed E-state index contributed by atoms with van der Waals surface area (Å²) in [5.41, 5.74) is 3.21. The summed E-state index contributed by atoms with van der Waals surface area (Å²) in [5.74, 6) is 0. The molecule has 0 aromatic heterocycles. The quantitative estimate of drug-likeness (QED) is 0.742. The van der Waals surface area contributed by atoms with Gasteiger partial charge in [0, 0.05) is 6.54 Å². The summed E-state index contributed by atoms with van der Waals surface area (Å²) in [6.45, 7) is 11.1. The number of benzene rings is 1. The Hall–Kier alpha value is -0.820. The Morgan fingerprint density at radius 2 is 1.80 bits per heavy atom. The van der Waals surface area contributed by atoms with Crippen LogP contribution in [-0.4, -0.2) is 6.54 Å². The number of nitrogens with one attached hydrogen (secondary N) is 1. The van der Waals surface area contributed by atoms with Gasteiger partial charge >= 0.3 is 0 Å². The first-order chi connectivity index (χ1) is 6.99. The second-order valence-corrected chi connectivity index (χ2v) is 5.41. The molecule has 84 valence electrons. The van der Waals surface area contributed by atoms with Crippen LogP contribution >= 0.6 is 0 Å². The van der Waals surface area contributed by atoms with Crippen LogP contribution in [0.15, 0.2) is 24.3 Å². The van der Waals surface area contributed by atoms with Gasteiger partial charge in [-0.1, -0.05) is 45.0 Å². The number of rotatable bonds is 4. The Morgan fingerprint density at radius 1 is 1.13 bits per heavy atom. The fraction of sp³-hybridized carbons (Fsp3) is 0.571. The molecule has 0 aliphatic carbocycles. The zero-order valence-corrected chi connectivity index (χ0v) is 10.4. The van der Waals surface area contributed by atoms with Crippen LogP contribution in [0.2, 0.25) is 0 Å². The number of aryl methyl sites for hydroxylation is 1. The van der Waals surface area contributed by atoms with Crippen molar-refractivity contribution in [3.05, 3.63) is 35.4 Å². The summed E-state index contributed by atoms with van der Waals surface area (Å²) in [7, 11) is 0. The van der Waals surface area contributed by atoms with Crippen LogP contribution in [0.5, 0.6) is 0 Å². The fourth-order valence-corrected chi connectivity index (χ4v) is 1.49. The summed E-state index contributed by atoms with van der Waals surface area (Å²) < 4.78 is 0. The summed E-state index contributed by atoms with van der Waals surface area (Å²) in [5, 5.41) is 3.50. The molecular formula is C14H23N. The lowest BCUT2D eigenvalue weighted by molar-refractivity contribution is 0.366. The van der Waals surface area contributed by atoms with E-state index < -0.39 is 0 Å². The van der Waals surface area contributed by atoms with Crippen molar-refractivity contribution in [2.75, 3.05) is 6.54 Å². The van der Waals surface area contributed by atoms with Crippen molar-refractivity contribution >= 4 is 0 Å². The van der Waals surface area contributed by atoms with Gasteiger partial charge in [-0.2, -0.15) is 0 Å². The molecule has 1 aromatic carbocycles. The SMILES string of the molecule is Cc1ccccc1CNCCC(C)(C)C. The molecule has 1 rings (SSSR count). The lowest BCUT2D eigenvalue weighted by Crippen LogP contribution is -2.20. The second kappa shape index (κ2) is 5.32. The Morgan fingerprint density at radius 3 is 2.40 bits per heavy atom. The zero-order valence-electron chi connectivity index (χ0n) is 10.4. The van der Waals surface area contributed by atoms with Gasteiger partial charge in [0.05, 0.1) is 0 Å². The smallest absolute Gasteiger partial charge is 0.0208 e. The van der Waals surface area contributed by atoms with E-state index in [0.717, 1.165) is 13.1 Å². The second-order valence-electron chi connectivity index (χ2n) is 5.41. The summed E-state index contributed by atoms with van der Waals surface area (Å²) in [6, 6.07) is 8.56.